The lowest BCUT2D eigenvalue weighted by Gasteiger charge is -2.38. The van der Waals surface area contributed by atoms with E-state index in [1.165, 1.54) is 4.90 Å². The van der Waals surface area contributed by atoms with Gasteiger partial charge in [-0.1, -0.05) is 48.5 Å². The average Bonchev–Trinajstić information content (AvgIpc) is 3.52. The van der Waals surface area contributed by atoms with Gasteiger partial charge in [0.05, 0.1) is 23.6 Å². The maximum Gasteiger partial charge on any atom is 0.402 e. The van der Waals surface area contributed by atoms with Gasteiger partial charge in [-0.25, -0.2) is 4.79 Å². The zero-order valence-corrected chi connectivity index (χ0v) is 23.5. The number of carbonyl (C=O) groups excluding carboxylic acids is 3. The van der Waals surface area contributed by atoms with Crippen LogP contribution in [-0.2, 0) is 33.9 Å². The van der Waals surface area contributed by atoms with E-state index in [2.05, 4.69) is 4.74 Å². The van der Waals surface area contributed by atoms with Crippen molar-refractivity contribution in [1.29, 1.82) is 0 Å². The normalized spacial score (nSPS) is 27.2. The number of rotatable bonds is 6. The van der Waals surface area contributed by atoms with Crippen LogP contribution in [0, 0.1) is 11.8 Å². The van der Waals surface area contributed by atoms with Gasteiger partial charge in [0.25, 0.3) is 0 Å². The van der Waals surface area contributed by atoms with Crippen molar-refractivity contribution < 1.29 is 50.3 Å². The number of benzene rings is 3. The summed E-state index contributed by atoms with van der Waals surface area (Å²) < 4.78 is 75.2. The van der Waals surface area contributed by atoms with Gasteiger partial charge in [0.2, 0.25) is 5.91 Å². The molecule has 0 radical (unpaired) electrons. The highest BCUT2D eigenvalue weighted by atomic mass is 32.2. The molecule has 6 unspecified atom stereocenters. The van der Waals surface area contributed by atoms with Crippen molar-refractivity contribution in [3.8, 4) is 0 Å². The number of esters is 2. The Kier molecular flexibility index (Phi) is 6.37. The molecule has 3 aromatic carbocycles. The van der Waals surface area contributed by atoms with Crippen LogP contribution in [0.15, 0.2) is 54.6 Å². The highest BCUT2D eigenvalue weighted by Crippen LogP contribution is 2.54. The van der Waals surface area contributed by atoms with Gasteiger partial charge in [0, 0.05) is 5.54 Å². The van der Waals surface area contributed by atoms with Crippen LogP contribution in [0.1, 0.15) is 31.1 Å². The van der Waals surface area contributed by atoms with Gasteiger partial charge in [-0.2, -0.15) is 17.2 Å². The van der Waals surface area contributed by atoms with Crippen molar-refractivity contribution in [2.24, 2.45) is 11.8 Å². The Hall–Kier alpha value is -3.68. The molecule has 3 aromatic rings. The molecule has 10 nitrogen and oxygen atoms in total. The Morgan fingerprint density at radius 3 is 2.12 bits per heavy atom. The van der Waals surface area contributed by atoms with E-state index in [1.54, 1.807) is 45.0 Å². The molecule has 2 bridgehead atoms. The summed E-state index contributed by atoms with van der Waals surface area (Å²) in [6.07, 6.45) is -3.29. The maximum absolute atomic E-state index is 14.0. The van der Waals surface area contributed by atoms with Gasteiger partial charge in [0.15, 0.2) is 12.7 Å². The topological polar surface area (TPSA) is 137 Å². The molecule has 3 saturated heterocycles. The van der Waals surface area contributed by atoms with E-state index >= 15 is 0 Å². The lowest BCUT2D eigenvalue weighted by Crippen LogP contribution is -2.54. The quantitative estimate of drug-likeness (QED) is 0.255. The second-order valence-corrected chi connectivity index (χ2v) is 13.3. The minimum atomic E-state index is -5.86. The van der Waals surface area contributed by atoms with Crippen LogP contribution in [-0.4, -0.2) is 77.5 Å². The summed E-state index contributed by atoms with van der Waals surface area (Å²) in [5.41, 5.74) is -0.512. The van der Waals surface area contributed by atoms with E-state index in [0.717, 1.165) is 10.8 Å². The van der Waals surface area contributed by atoms with Crippen LogP contribution in [0.5, 0.6) is 0 Å². The first kappa shape index (κ1) is 28.4. The molecule has 6 rings (SSSR count). The number of nitrogens with zero attached hydrogens (tertiary/aromatic N) is 1. The minimum absolute atomic E-state index is 0.279. The van der Waals surface area contributed by atoms with E-state index in [4.69, 9.17) is 14.0 Å². The summed E-state index contributed by atoms with van der Waals surface area (Å²) in [5.74, 6) is -5.11. The number of hydrogen-bond donors (Lipinski definition) is 1. The lowest BCUT2D eigenvalue weighted by molar-refractivity contribution is -0.160. The van der Waals surface area contributed by atoms with Gasteiger partial charge in [0.1, 0.15) is 12.0 Å². The highest BCUT2D eigenvalue weighted by Gasteiger charge is 2.74. The third-order valence-electron chi connectivity index (χ3n) is 8.20. The number of ether oxygens (including phenoxy) is 3. The molecule has 1 N–H and O–H groups in total. The van der Waals surface area contributed by atoms with Crippen molar-refractivity contribution in [3.63, 3.8) is 0 Å². The molecule has 3 aliphatic heterocycles. The van der Waals surface area contributed by atoms with Gasteiger partial charge in [-0.3, -0.25) is 14.1 Å². The lowest BCUT2D eigenvalue weighted by atomic mass is 9.78. The number of alkyl halides is 2. The molecule has 6 atom stereocenters. The first-order chi connectivity index (χ1) is 19.6. The van der Waals surface area contributed by atoms with Gasteiger partial charge in [-0.05, 0) is 48.4 Å². The molecular weight excluding hydrogens is 576 g/mol. The van der Waals surface area contributed by atoms with Crippen molar-refractivity contribution in [1.82, 2.24) is 4.90 Å². The van der Waals surface area contributed by atoms with Crippen LogP contribution in [0.2, 0.25) is 0 Å². The molecule has 0 saturated carbocycles. The fraction of sp³-hybridized carbons (Fsp3) is 0.414. The molecule has 3 heterocycles. The third kappa shape index (κ3) is 4.24. The summed E-state index contributed by atoms with van der Waals surface area (Å²) in [6.45, 7) is 3.33. The highest BCUT2D eigenvalue weighted by molar-refractivity contribution is 7.86. The summed E-state index contributed by atoms with van der Waals surface area (Å²) in [5, 5.41) is -1.92. The Labute approximate surface area is 239 Å². The fourth-order valence-corrected chi connectivity index (χ4v) is 6.76. The van der Waals surface area contributed by atoms with E-state index in [1.807, 2.05) is 30.3 Å². The number of halogens is 2. The molecule has 222 valence electrons. The predicted octanol–water partition coefficient (Wildman–Crippen LogP) is 3.56. The minimum Gasteiger partial charge on any atom is -0.458 e. The van der Waals surface area contributed by atoms with Crippen LogP contribution in [0.3, 0.4) is 0 Å². The van der Waals surface area contributed by atoms with Crippen LogP contribution in [0.4, 0.5) is 8.78 Å². The summed E-state index contributed by atoms with van der Waals surface area (Å²) in [4.78, 5) is 42.2. The predicted molar refractivity (Wildman–Crippen MR) is 144 cm³/mol. The third-order valence-corrected chi connectivity index (χ3v) is 9.07. The van der Waals surface area contributed by atoms with Crippen LogP contribution < -0.4 is 0 Å². The summed E-state index contributed by atoms with van der Waals surface area (Å²) >= 11 is 0. The summed E-state index contributed by atoms with van der Waals surface area (Å²) in [6, 6.07) is 15.7. The summed E-state index contributed by atoms with van der Waals surface area (Å²) in [7, 11) is -5.86. The van der Waals surface area contributed by atoms with Crippen molar-refractivity contribution in [3.05, 3.63) is 60.2 Å². The van der Waals surface area contributed by atoms with Crippen LogP contribution in [0.25, 0.3) is 21.5 Å². The van der Waals surface area contributed by atoms with Crippen molar-refractivity contribution in [2.75, 3.05) is 6.61 Å². The molecule has 13 heteroatoms. The number of carbonyl (C=O) groups is 3. The van der Waals surface area contributed by atoms with E-state index < -0.39 is 81.6 Å². The first-order valence-corrected chi connectivity index (χ1v) is 14.7. The molecular formula is C29H27F2NO9S. The Morgan fingerprint density at radius 2 is 1.57 bits per heavy atom. The van der Waals surface area contributed by atoms with E-state index in [-0.39, 0.29) is 5.56 Å². The van der Waals surface area contributed by atoms with E-state index in [0.29, 0.717) is 10.8 Å². The molecule has 0 spiro atoms. The largest absolute Gasteiger partial charge is 0.458 e. The maximum atomic E-state index is 14.0. The van der Waals surface area contributed by atoms with Gasteiger partial charge >= 0.3 is 27.3 Å². The Balaban J connectivity index is 1.38. The SMILES string of the molecule is CC(C)(C)N1C(=O)C2C3OC(C(OC(=O)c4c5ccccc5cc5ccccc45)C31)C2C(=O)OCC(F)(F)S(=O)(=O)O. The molecule has 42 heavy (non-hydrogen) atoms. The smallest absolute Gasteiger partial charge is 0.402 e. The molecule has 3 fully saturated rings. The second kappa shape index (κ2) is 9.41. The molecule has 3 aliphatic rings. The zero-order chi connectivity index (χ0) is 30.4. The number of likely N-dealkylation sites (tertiary alicyclic amines) is 1. The average molecular weight is 604 g/mol. The van der Waals surface area contributed by atoms with Crippen LogP contribution >= 0.6 is 0 Å². The van der Waals surface area contributed by atoms with Crippen molar-refractivity contribution >= 4 is 49.5 Å². The molecule has 0 aromatic heterocycles. The molecule has 1 amide bonds. The first-order valence-electron chi connectivity index (χ1n) is 13.2. The number of amides is 1. The second-order valence-electron chi connectivity index (χ2n) is 11.8. The van der Waals surface area contributed by atoms with Crippen molar-refractivity contribution in [2.45, 2.75) is 55.9 Å². The standard InChI is InChI=1S/C29H27F2NO9S/c1-28(2,3)32-21-22-19(25(32)33)20(26(34)39-13-29(30,31)42(36,37)38)23(40-22)24(21)41-27(35)18-16-10-6-4-8-14(16)12-15-9-5-7-11-17(15)18/h4-12,19-24H,13H2,1-3H3,(H,36,37,38). The fourth-order valence-electron chi connectivity index (χ4n) is 6.55. The zero-order valence-electron chi connectivity index (χ0n) is 22.7. The number of fused-ring (bicyclic) bond motifs is 3. The Morgan fingerprint density at radius 1 is 1.00 bits per heavy atom. The van der Waals surface area contributed by atoms with Gasteiger partial charge in [-0.15, -0.1) is 0 Å². The van der Waals surface area contributed by atoms with E-state index in [9.17, 15) is 31.6 Å². The van der Waals surface area contributed by atoms with Gasteiger partial charge < -0.3 is 19.1 Å². The Bertz CT molecular complexity index is 1700. The monoisotopic (exact) mass is 603 g/mol. The molecule has 0 aliphatic carbocycles. The number of hydrogen-bond acceptors (Lipinski definition) is 8.